The summed E-state index contributed by atoms with van der Waals surface area (Å²) in [5, 5.41) is 12.2. The summed E-state index contributed by atoms with van der Waals surface area (Å²) < 4.78 is 0. The molecule has 2 aromatic carbocycles. The van der Waals surface area contributed by atoms with Gasteiger partial charge < -0.3 is 16.2 Å². The van der Waals surface area contributed by atoms with Crippen LogP contribution in [0.5, 0.6) is 0 Å². The summed E-state index contributed by atoms with van der Waals surface area (Å²) in [6.07, 6.45) is 0. The third-order valence-electron chi connectivity index (χ3n) is 3.21. The highest BCUT2D eigenvalue weighted by molar-refractivity contribution is 5.92. The number of benzene rings is 2. The van der Waals surface area contributed by atoms with Crippen LogP contribution in [-0.2, 0) is 6.54 Å². The van der Waals surface area contributed by atoms with Gasteiger partial charge in [0, 0.05) is 17.8 Å². The van der Waals surface area contributed by atoms with Crippen LogP contribution in [0.25, 0.3) is 0 Å². The van der Waals surface area contributed by atoms with E-state index in [2.05, 4.69) is 5.32 Å². The molecular weight excluding hydrogens is 268 g/mol. The second kappa shape index (κ2) is 6.09. The van der Waals surface area contributed by atoms with Crippen LogP contribution < -0.4 is 11.1 Å². The molecule has 0 heterocycles. The Morgan fingerprint density at radius 3 is 2.29 bits per heavy atom. The minimum atomic E-state index is -0.955. The first-order chi connectivity index (χ1) is 9.97. The molecule has 0 aliphatic heterocycles. The number of hydrogen-bond donors (Lipinski definition) is 3. The van der Waals surface area contributed by atoms with Crippen molar-refractivity contribution in [3.63, 3.8) is 0 Å². The van der Waals surface area contributed by atoms with Gasteiger partial charge in [0.25, 0.3) is 0 Å². The minimum Gasteiger partial charge on any atom is -0.478 e. The van der Waals surface area contributed by atoms with Gasteiger partial charge in [-0.2, -0.15) is 0 Å². The summed E-state index contributed by atoms with van der Waals surface area (Å²) in [6.45, 7) is 2.44. The number of nitrogens with one attached hydrogen (secondary N) is 1. The zero-order chi connectivity index (χ0) is 15.4. The van der Waals surface area contributed by atoms with Gasteiger partial charge >= 0.3 is 5.97 Å². The molecule has 0 atom stereocenters. The number of hydrogen-bond acceptors (Lipinski definition) is 3. The number of aryl methyl sites for hydroxylation is 1. The van der Waals surface area contributed by atoms with Gasteiger partial charge in [-0.3, -0.25) is 4.79 Å². The number of carboxylic acid groups (broad SMARTS) is 1. The molecule has 0 saturated heterocycles. The van der Waals surface area contributed by atoms with E-state index in [0.29, 0.717) is 12.1 Å². The Bertz CT molecular complexity index is 678. The normalized spacial score (nSPS) is 10.1. The van der Waals surface area contributed by atoms with E-state index in [0.717, 1.165) is 16.8 Å². The third-order valence-corrected chi connectivity index (χ3v) is 3.21. The van der Waals surface area contributed by atoms with Crippen LogP contribution in [0.2, 0.25) is 0 Å². The lowest BCUT2D eigenvalue weighted by Gasteiger charge is -2.11. The highest BCUT2D eigenvalue weighted by Gasteiger charge is 2.06. The van der Waals surface area contributed by atoms with Crippen molar-refractivity contribution in [2.24, 2.45) is 5.73 Å². The smallest absolute Gasteiger partial charge is 0.335 e. The molecule has 0 spiro atoms. The number of aromatic carboxylic acids is 1. The lowest BCUT2D eigenvalue weighted by molar-refractivity contribution is 0.0696. The number of anilines is 1. The standard InChI is InChI=1S/C16H16N2O3/c1-10-2-5-13(16(20)21)8-14(10)18-9-11-3-6-12(7-4-11)15(17)19/h2-8,18H,9H2,1H3,(H2,17,19)(H,20,21). The quantitative estimate of drug-likeness (QED) is 0.786. The topological polar surface area (TPSA) is 92.4 Å². The van der Waals surface area contributed by atoms with Crippen LogP contribution in [0.15, 0.2) is 42.5 Å². The summed E-state index contributed by atoms with van der Waals surface area (Å²) >= 11 is 0. The lowest BCUT2D eigenvalue weighted by atomic mass is 10.1. The van der Waals surface area contributed by atoms with Crippen molar-refractivity contribution in [2.75, 3.05) is 5.32 Å². The van der Waals surface area contributed by atoms with Gasteiger partial charge in [-0.15, -0.1) is 0 Å². The number of nitrogens with two attached hydrogens (primary N) is 1. The molecule has 2 aromatic rings. The fourth-order valence-electron chi connectivity index (χ4n) is 1.93. The van der Waals surface area contributed by atoms with Gasteiger partial charge in [0.2, 0.25) is 5.91 Å². The first kappa shape index (κ1) is 14.6. The molecular formula is C16H16N2O3. The monoisotopic (exact) mass is 284 g/mol. The van der Waals surface area contributed by atoms with Crippen molar-refractivity contribution in [3.8, 4) is 0 Å². The fraction of sp³-hybridized carbons (Fsp3) is 0.125. The summed E-state index contributed by atoms with van der Waals surface area (Å²) in [6, 6.07) is 11.9. The number of rotatable bonds is 5. The van der Waals surface area contributed by atoms with Crippen molar-refractivity contribution in [1.82, 2.24) is 0 Å². The second-order valence-electron chi connectivity index (χ2n) is 4.75. The van der Waals surface area contributed by atoms with Gasteiger partial charge in [0.05, 0.1) is 5.56 Å². The van der Waals surface area contributed by atoms with E-state index in [9.17, 15) is 9.59 Å². The van der Waals surface area contributed by atoms with Gasteiger partial charge in [-0.1, -0.05) is 18.2 Å². The van der Waals surface area contributed by atoms with Gasteiger partial charge in [0.1, 0.15) is 0 Å². The molecule has 1 amide bonds. The summed E-state index contributed by atoms with van der Waals surface area (Å²) in [4.78, 5) is 22.0. The second-order valence-corrected chi connectivity index (χ2v) is 4.75. The first-order valence-electron chi connectivity index (χ1n) is 6.44. The zero-order valence-corrected chi connectivity index (χ0v) is 11.6. The predicted octanol–water partition coefficient (Wildman–Crippen LogP) is 2.40. The highest BCUT2D eigenvalue weighted by Crippen LogP contribution is 2.18. The molecule has 5 nitrogen and oxygen atoms in total. The first-order valence-corrected chi connectivity index (χ1v) is 6.44. The van der Waals surface area contributed by atoms with Crippen molar-refractivity contribution in [1.29, 1.82) is 0 Å². The number of primary amides is 1. The Labute approximate surface area is 122 Å². The van der Waals surface area contributed by atoms with E-state index in [-0.39, 0.29) is 5.56 Å². The zero-order valence-electron chi connectivity index (χ0n) is 11.6. The van der Waals surface area contributed by atoms with E-state index < -0.39 is 11.9 Å². The minimum absolute atomic E-state index is 0.243. The molecule has 0 unspecified atom stereocenters. The maximum Gasteiger partial charge on any atom is 0.335 e. The maximum absolute atomic E-state index is 11.0. The van der Waals surface area contributed by atoms with Gasteiger partial charge in [0.15, 0.2) is 0 Å². The molecule has 0 aliphatic rings. The fourth-order valence-corrected chi connectivity index (χ4v) is 1.93. The van der Waals surface area contributed by atoms with Gasteiger partial charge in [-0.25, -0.2) is 4.79 Å². The van der Waals surface area contributed by atoms with Gasteiger partial charge in [-0.05, 0) is 42.3 Å². The Morgan fingerprint density at radius 2 is 1.71 bits per heavy atom. The Kier molecular flexibility index (Phi) is 4.23. The largest absolute Gasteiger partial charge is 0.478 e. The Morgan fingerprint density at radius 1 is 1.10 bits per heavy atom. The van der Waals surface area contributed by atoms with E-state index in [4.69, 9.17) is 10.8 Å². The van der Waals surface area contributed by atoms with E-state index >= 15 is 0 Å². The molecule has 5 heteroatoms. The average Bonchev–Trinajstić information content (AvgIpc) is 2.46. The van der Waals surface area contributed by atoms with Crippen LogP contribution in [0.3, 0.4) is 0 Å². The number of carboxylic acids is 1. The average molecular weight is 284 g/mol. The van der Waals surface area contributed by atoms with E-state index in [1.54, 1.807) is 30.3 Å². The summed E-state index contributed by atoms with van der Waals surface area (Å²) in [7, 11) is 0. The molecule has 108 valence electrons. The van der Waals surface area contributed by atoms with E-state index in [1.165, 1.54) is 0 Å². The molecule has 21 heavy (non-hydrogen) atoms. The molecule has 0 aliphatic carbocycles. The van der Waals surface area contributed by atoms with Crippen LogP contribution in [0.1, 0.15) is 31.8 Å². The molecule has 0 radical (unpaired) electrons. The number of carbonyl (C=O) groups excluding carboxylic acids is 1. The predicted molar refractivity (Wildman–Crippen MR) is 80.4 cm³/mol. The third kappa shape index (κ3) is 3.60. The van der Waals surface area contributed by atoms with Crippen molar-refractivity contribution in [3.05, 3.63) is 64.7 Å². The van der Waals surface area contributed by atoms with Crippen LogP contribution in [0, 0.1) is 6.92 Å². The number of carbonyl (C=O) groups is 2. The molecule has 0 fully saturated rings. The van der Waals surface area contributed by atoms with E-state index in [1.807, 2.05) is 19.1 Å². The maximum atomic E-state index is 11.0. The molecule has 4 N–H and O–H groups in total. The highest BCUT2D eigenvalue weighted by atomic mass is 16.4. The molecule has 0 aromatic heterocycles. The molecule has 0 bridgehead atoms. The van der Waals surface area contributed by atoms with Crippen molar-refractivity contribution in [2.45, 2.75) is 13.5 Å². The van der Waals surface area contributed by atoms with Crippen LogP contribution >= 0.6 is 0 Å². The lowest BCUT2D eigenvalue weighted by Crippen LogP contribution is -2.11. The molecule has 2 rings (SSSR count). The SMILES string of the molecule is Cc1ccc(C(=O)O)cc1NCc1ccc(C(N)=O)cc1. The Balaban J connectivity index is 2.10. The van der Waals surface area contributed by atoms with Crippen LogP contribution in [-0.4, -0.2) is 17.0 Å². The summed E-state index contributed by atoms with van der Waals surface area (Å²) in [5.41, 5.74) is 8.60. The Hall–Kier alpha value is -2.82. The van der Waals surface area contributed by atoms with Crippen molar-refractivity contribution >= 4 is 17.6 Å². The summed E-state index contributed by atoms with van der Waals surface area (Å²) in [5.74, 6) is -1.41. The number of amides is 1. The van der Waals surface area contributed by atoms with Crippen LogP contribution in [0.4, 0.5) is 5.69 Å². The van der Waals surface area contributed by atoms with Crippen molar-refractivity contribution < 1.29 is 14.7 Å². The molecule has 0 saturated carbocycles.